The third-order valence-electron chi connectivity index (χ3n) is 4.75. The van der Waals surface area contributed by atoms with E-state index < -0.39 is 6.04 Å². The molecule has 164 valence electrons. The molecule has 2 aromatic carbocycles. The molecular weight excluding hydrogens is 406 g/mol. The largest absolute Gasteiger partial charge is 0.338 e. The van der Waals surface area contributed by atoms with Crippen molar-refractivity contribution in [1.29, 1.82) is 0 Å². The maximum atomic E-state index is 12.7. The monoisotopic (exact) mass is 431 g/mol. The summed E-state index contributed by atoms with van der Waals surface area (Å²) in [5.41, 5.74) is 2.09. The maximum Gasteiger partial charge on any atom is 0.320 e. The van der Waals surface area contributed by atoms with E-state index in [-0.39, 0.29) is 11.4 Å². The summed E-state index contributed by atoms with van der Waals surface area (Å²) in [5.74, 6) is 2.25. The fraction of sp³-hybridized carbons (Fsp3) is 0.261. The van der Waals surface area contributed by atoms with Gasteiger partial charge < -0.3 is 15.2 Å². The van der Waals surface area contributed by atoms with Gasteiger partial charge in [0.1, 0.15) is 11.9 Å². The quantitative estimate of drug-likeness (QED) is 0.431. The van der Waals surface area contributed by atoms with E-state index in [4.69, 9.17) is 4.52 Å². The molecule has 0 bridgehead atoms. The Bertz CT molecular complexity index is 1190. The van der Waals surface area contributed by atoms with Crippen molar-refractivity contribution in [3.05, 3.63) is 77.7 Å². The molecule has 9 nitrogen and oxygen atoms in total. The first-order valence-electron chi connectivity index (χ1n) is 10.3. The van der Waals surface area contributed by atoms with Gasteiger partial charge in [-0.05, 0) is 36.8 Å². The van der Waals surface area contributed by atoms with Crippen LogP contribution in [-0.2, 0) is 5.41 Å². The van der Waals surface area contributed by atoms with Crippen LogP contribution in [0, 0.1) is 6.92 Å². The van der Waals surface area contributed by atoms with Gasteiger partial charge in [-0.25, -0.2) is 9.78 Å². The van der Waals surface area contributed by atoms with Gasteiger partial charge in [0.2, 0.25) is 11.7 Å². The van der Waals surface area contributed by atoms with Crippen LogP contribution in [0.1, 0.15) is 49.9 Å². The number of aryl methyl sites for hydroxylation is 1. The third kappa shape index (κ3) is 4.83. The normalized spacial score (nSPS) is 12.4. The Morgan fingerprint density at radius 3 is 2.34 bits per heavy atom. The number of hydrogen-bond donors (Lipinski definition) is 3. The molecule has 3 N–H and O–H groups in total. The second-order valence-electron chi connectivity index (χ2n) is 8.47. The Labute approximate surface area is 185 Å². The van der Waals surface area contributed by atoms with E-state index in [9.17, 15) is 4.79 Å². The summed E-state index contributed by atoms with van der Waals surface area (Å²) in [6.07, 6.45) is 0. The number of nitrogens with one attached hydrogen (secondary N) is 3. The third-order valence-corrected chi connectivity index (χ3v) is 4.75. The van der Waals surface area contributed by atoms with E-state index in [1.54, 1.807) is 12.1 Å². The van der Waals surface area contributed by atoms with Gasteiger partial charge >= 0.3 is 6.03 Å². The molecule has 9 heteroatoms. The van der Waals surface area contributed by atoms with Gasteiger partial charge in [-0.1, -0.05) is 56.3 Å². The van der Waals surface area contributed by atoms with Crippen LogP contribution in [0.5, 0.6) is 0 Å². The summed E-state index contributed by atoms with van der Waals surface area (Å²) in [7, 11) is 0. The van der Waals surface area contributed by atoms with Crippen molar-refractivity contribution in [2.75, 3.05) is 5.32 Å². The highest BCUT2D eigenvalue weighted by Gasteiger charge is 2.23. The number of carbonyl (C=O) groups is 1. The van der Waals surface area contributed by atoms with Gasteiger partial charge in [0.15, 0.2) is 5.82 Å². The average Bonchev–Trinajstić information content (AvgIpc) is 3.43. The molecule has 0 spiro atoms. The summed E-state index contributed by atoms with van der Waals surface area (Å²) in [6, 6.07) is 15.9. The van der Waals surface area contributed by atoms with Crippen molar-refractivity contribution in [2.24, 2.45) is 0 Å². The number of carbonyl (C=O) groups excluding carboxylic acids is 1. The molecule has 1 unspecified atom stereocenters. The lowest BCUT2D eigenvalue weighted by Crippen LogP contribution is -2.33. The number of H-pyrrole nitrogens is 1. The highest BCUT2D eigenvalue weighted by atomic mass is 16.5. The molecular formula is C23H25N7O2. The standard InChI is InChI=1S/C23H25N7O2/c1-14-24-20(29-28-14)18(15-8-6-5-7-9-15)26-22(31)25-17-12-10-16(11-13-17)19-27-21(32-30-19)23(2,3)4/h5-13,18H,1-4H3,(H,24,28,29)(H2,25,26,31). The SMILES string of the molecule is Cc1nc(C(NC(=O)Nc2ccc(-c3noc(C(C)(C)C)n3)cc2)c2ccccc2)n[nH]1. The lowest BCUT2D eigenvalue weighted by Gasteiger charge is -2.17. The predicted octanol–water partition coefficient (Wildman–Crippen LogP) is 4.37. The number of benzene rings is 2. The molecule has 0 radical (unpaired) electrons. The molecule has 0 saturated carbocycles. The summed E-state index contributed by atoms with van der Waals surface area (Å²) >= 11 is 0. The van der Waals surface area contributed by atoms with Crippen LogP contribution in [-0.4, -0.2) is 31.4 Å². The number of nitrogens with zero attached hydrogens (tertiary/aromatic N) is 4. The Hall–Kier alpha value is -4.01. The number of urea groups is 1. The molecule has 0 aliphatic carbocycles. The van der Waals surface area contributed by atoms with E-state index >= 15 is 0 Å². The first-order chi connectivity index (χ1) is 15.3. The minimum Gasteiger partial charge on any atom is -0.338 e. The number of anilines is 1. The zero-order valence-corrected chi connectivity index (χ0v) is 18.4. The van der Waals surface area contributed by atoms with Crippen molar-refractivity contribution in [1.82, 2.24) is 30.6 Å². The highest BCUT2D eigenvalue weighted by Crippen LogP contribution is 2.25. The summed E-state index contributed by atoms with van der Waals surface area (Å²) in [5, 5.41) is 16.9. The molecule has 32 heavy (non-hydrogen) atoms. The minimum absolute atomic E-state index is 0.220. The lowest BCUT2D eigenvalue weighted by atomic mass is 9.97. The van der Waals surface area contributed by atoms with Crippen LogP contribution in [0.15, 0.2) is 59.1 Å². The number of rotatable bonds is 5. The molecule has 2 heterocycles. The highest BCUT2D eigenvalue weighted by molar-refractivity contribution is 5.90. The van der Waals surface area contributed by atoms with Crippen LogP contribution in [0.3, 0.4) is 0 Å². The first kappa shape index (κ1) is 21.2. The van der Waals surface area contributed by atoms with Crippen molar-refractivity contribution in [2.45, 2.75) is 39.2 Å². The van der Waals surface area contributed by atoms with Gasteiger partial charge in [0.05, 0.1) is 0 Å². The van der Waals surface area contributed by atoms with E-state index in [0.717, 1.165) is 11.1 Å². The van der Waals surface area contributed by atoms with Crippen molar-refractivity contribution in [3.8, 4) is 11.4 Å². The Morgan fingerprint density at radius 2 is 1.75 bits per heavy atom. The van der Waals surface area contributed by atoms with Crippen molar-refractivity contribution in [3.63, 3.8) is 0 Å². The molecule has 2 amide bonds. The summed E-state index contributed by atoms with van der Waals surface area (Å²) < 4.78 is 5.35. The van der Waals surface area contributed by atoms with Gasteiger partial charge in [0, 0.05) is 16.7 Å². The van der Waals surface area contributed by atoms with Crippen LogP contribution in [0.2, 0.25) is 0 Å². The molecule has 4 rings (SSSR count). The number of aromatic nitrogens is 5. The van der Waals surface area contributed by atoms with Crippen LogP contribution < -0.4 is 10.6 Å². The molecule has 0 fully saturated rings. The average molecular weight is 432 g/mol. The summed E-state index contributed by atoms with van der Waals surface area (Å²) in [4.78, 5) is 21.6. The predicted molar refractivity (Wildman–Crippen MR) is 120 cm³/mol. The van der Waals surface area contributed by atoms with E-state index in [1.165, 1.54) is 0 Å². The first-order valence-corrected chi connectivity index (χ1v) is 10.3. The van der Waals surface area contributed by atoms with Crippen LogP contribution in [0.4, 0.5) is 10.5 Å². The van der Waals surface area contributed by atoms with Gasteiger partial charge in [-0.3, -0.25) is 5.10 Å². The molecule has 0 aliphatic rings. The van der Waals surface area contributed by atoms with Gasteiger partial charge in [0.25, 0.3) is 0 Å². The smallest absolute Gasteiger partial charge is 0.320 e. The molecule has 0 aliphatic heterocycles. The zero-order chi connectivity index (χ0) is 22.7. The van der Waals surface area contributed by atoms with Crippen LogP contribution >= 0.6 is 0 Å². The lowest BCUT2D eigenvalue weighted by molar-refractivity contribution is 0.249. The maximum absolute atomic E-state index is 12.7. The Kier molecular flexibility index (Phi) is 5.72. The number of aromatic amines is 1. The van der Waals surface area contributed by atoms with E-state index in [2.05, 4.69) is 36.0 Å². The summed E-state index contributed by atoms with van der Waals surface area (Å²) in [6.45, 7) is 7.85. The van der Waals surface area contributed by atoms with Gasteiger partial charge in [-0.2, -0.15) is 10.1 Å². The second kappa shape index (κ2) is 8.62. The minimum atomic E-state index is -0.490. The van der Waals surface area contributed by atoms with Gasteiger partial charge in [-0.15, -0.1) is 0 Å². The Morgan fingerprint density at radius 1 is 1.03 bits per heavy atom. The fourth-order valence-corrected chi connectivity index (χ4v) is 3.08. The fourth-order valence-electron chi connectivity index (χ4n) is 3.08. The number of amides is 2. The van der Waals surface area contributed by atoms with Crippen molar-refractivity contribution >= 4 is 11.7 Å². The second-order valence-corrected chi connectivity index (χ2v) is 8.47. The van der Waals surface area contributed by atoms with Crippen LogP contribution in [0.25, 0.3) is 11.4 Å². The topological polar surface area (TPSA) is 122 Å². The number of hydrogen-bond acceptors (Lipinski definition) is 6. The Balaban J connectivity index is 1.46. The molecule has 0 saturated heterocycles. The van der Waals surface area contributed by atoms with Crippen molar-refractivity contribution < 1.29 is 9.32 Å². The van der Waals surface area contributed by atoms with E-state index in [1.807, 2.05) is 70.2 Å². The zero-order valence-electron chi connectivity index (χ0n) is 18.4. The molecule has 4 aromatic rings. The van der Waals surface area contributed by atoms with E-state index in [0.29, 0.717) is 29.1 Å². The molecule has 1 atom stereocenters. The molecule has 2 aromatic heterocycles.